The summed E-state index contributed by atoms with van der Waals surface area (Å²) in [5.74, 6) is 2.23. The summed E-state index contributed by atoms with van der Waals surface area (Å²) in [6.45, 7) is 0.833. The first-order valence-corrected chi connectivity index (χ1v) is 6.43. The van der Waals surface area contributed by atoms with Crippen LogP contribution in [-0.2, 0) is 6.42 Å². The molecule has 0 radical (unpaired) electrons. The number of likely N-dealkylation sites (N-methyl/N-ethyl adjacent to an activating group) is 1. The van der Waals surface area contributed by atoms with E-state index in [1.807, 2.05) is 36.2 Å². The van der Waals surface area contributed by atoms with Crippen molar-refractivity contribution in [1.29, 1.82) is 0 Å². The molecule has 20 heavy (non-hydrogen) atoms. The highest BCUT2D eigenvalue weighted by Gasteiger charge is 2.07. The third-order valence-electron chi connectivity index (χ3n) is 3.08. The van der Waals surface area contributed by atoms with Gasteiger partial charge in [0.15, 0.2) is 11.5 Å². The van der Waals surface area contributed by atoms with Crippen LogP contribution in [0.4, 0.5) is 5.95 Å². The van der Waals surface area contributed by atoms with Crippen LogP contribution < -0.4 is 14.4 Å². The molecule has 2 rings (SSSR count). The van der Waals surface area contributed by atoms with Gasteiger partial charge in [0.05, 0.1) is 14.2 Å². The molecular weight excluding hydrogens is 254 g/mol. The largest absolute Gasteiger partial charge is 0.493 e. The number of anilines is 1. The Hall–Kier alpha value is -2.30. The molecule has 1 aromatic heterocycles. The van der Waals surface area contributed by atoms with Crippen LogP contribution in [0.3, 0.4) is 0 Å². The molecule has 5 nitrogen and oxygen atoms in total. The Kier molecular flexibility index (Phi) is 4.76. The topological polar surface area (TPSA) is 47.5 Å². The number of hydrogen-bond donors (Lipinski definition) is 0. The molecule has 0 amide bonds. The van der Waals surface area contributed by atoms with Crippen LogP contribution in [0.15, 0.2) is 36.7 Å². The molecule has 0 bridgehead atoms. The van der Waals surface area contributed by atoms with E-state index in [0.29, 0.717) is 0 Å². The number of rotatable bonds is 6. The predicted molar refractivity (Wildman–Crippen MR) is 78.6 cm³/mol. The van der Waals surface area contributed by atoms with E-state index in [9.17, 15) is 0 Å². The number of nitrogens with zero attached hydrogens (tertiary/aromatic N) is 3. The van der Waals surface area contributed by atoms with Gasteiger partial charge in [0.2, 0.25) is 5.95 Å². The van der Waals surface area contributed by atoms with Crippen LogP contribution in [0.5, 0.6) is 11.5 Å². The second-order valence-corrected chi connectivity index (χ2v) is 4.41. The lowest BCUT2D eigenvalue weighted by Crippen LogP contribution is -2.22. The van der Waals surface area contributed by atoms with Crippen molar-refractivity contribution in [1.82, 2.24) is 9.97 Å². The maximum Gasteiger partial charge on any atom is 0.224 e. The van der Waals surface area contributed by atoms with Gasteiger partial charge in [-0.3, -0.25) is 0 Å². The van der Waals surface area contributed by atoms with E-state index in [0.717, 1.165) is 30.4 Å². The molecular formula is C15H19N3O2. The minimum absolute atomic E-state index is 0.730. The monoisotopic (exact) mass is 273 g/mol. The Morgan fingerprint density at radius 2 is 1.75 bits per heavy atom. The van der Waals surface area contributed by atoms with Crippen LogP contribution in [0.2, 0.25) is 0 Å². The molecule has 0 unspecified atom stereocenters. The van der Waals surface area contributed by atoms with Crippen LogP contribution in [0.25, 0.3) is 0 Å². The van der Waals surface area contributed by atoms with Crippen molar-refractivity contribution in [3.63, 3.8) is 0 Å². The lowest BCUT2D eigenvalue weighted by molar-refractivity contribution is 0.354. The van der Waals surface area contributed by atoms with Crippen molar-refractivity contribution in [3.8, 4) is 11.5 Å². The minimum atomic E-state index is 0.730. The first-order valence-electron chi connectivity index (χ1n) is 6.43. The molecule has 106 valence electrons. The van der Waals surface area contributed by atoms with Gasteiger partial charge < -0.3 is 14.4 Å². The lowest BCUT2D eigenvalue weighted by Gasteiger charge is -2.17. The van der Waals surface area contributed by atoms with E-state index in [-0.39, 0.29) is 0 Å². The van der Waals surface area contributed by atoms with Gasteiger partial charge in [-0.1, -0.05) is 6.07 Å². The summed E-state index contributed by atoms with van der Waals surface area (Å²) in [7, 11) is 5.26. The van der Waals surface area contributed by atoms with Gasteiger partial charge in [0.1, 0.15) is 0 Å². The Morgan fingerprint density at radius 1 is 1.05 bits per heavy atom. The van der Waals surface area contributed by atoms with Gasteiger partial charge in [0, 0.05) is 26.0 Å². The molecule has 1 heterocycles. The third kappa shape index (κ3) is 3.38. The van der Waals surface area contributed by atoms with Crippen LogP contribution >= 0.6 is 0 Å². The average Bonchev–Trinajstić information content (AvgIpc) is 2.53. The average molecular weight is 273 g/mol. The van der Waals surface area contributed by atoms with Crippen molar-refractivity contribution in [2.45, 2.75) is 6.42 Å². The molecule has 0 aliphatic rings. The SMILES string of the molecule is COc1ccc(CCN(C)c2ncccn2)cc1OC. The summed E-state index contributed by atoms with van der Waals surface area (Å²) in [5, 5.41) is 0. The lowest BCUT2D eigenvalue weighted by atomic mass is 10.1. The Labute approximate surface area is 119 Å². The highest BCUT2D eigenvalue weighted by atomic mass is 16.5. The van der Waals surface area contributed by atoms with Gasteiger partial charge in [-0.2, -0.15) is 0 Å². The predicted octanol–water partition coefficient (Wildman–Crippen LogP) is 2.17. The molecule has 0 atom stereocenters. The summed E-state index contributed by atoms with van der Waals surface area (Å²) < 4.78 is 10.5. The Morgan fingerprint density at radius 3 is 2.40 bits per heavy atom. The van der Waals surface area contributed by atoms with Crippen molar-refractivity contribution in [2.75, 3.05) is 32.7 Å². The van der Waals surface area contributed by atoms with Gasteiger partial charge in [-0.05, 0) is 30.2 Å². The van der Waals surface area contributed by atoms with Crippen LogP contribution in [0, 0.1) is 0 Å². The molecule has 0 fully saturated rings. The molecule has 0 saturated heterocycles. The summed E-state index contributed by atoms with van der Waals surface area (Å²) >= 11 is 0. The molecule has 0 N–H and O–H groups in total. The fourth-order valence-electron chi connectivity index (χ4n) is 1.92. The van der Waals surface area contributed by atoms with E-state index in [2.05, 4.69) is 9.97 Å². The number of methoxy groups -OCH3 is 2. The Bertz CT molecular complexity index is 546. The fourth-order valence-corrected chi connectivity index (χ4v) is 1.92. The fraction of sp³-hybridized carbons (Fsp3) is 0.333. The molecule has 0 aliphatic carbocycles. The molecule has 0 aliphatic heterocycles. The highest BCUT2D eigenvalue weighted by molar-refractivity contribution is 5.43. The van der Waals surface area contributed by atoms with E-state index in [1.165, 1.54) is 5.56 Å². The van der Waals surface area contributed by atoms with Crippen molar-refractivity contribution in [3.05, 3.63) is 42.2 Å². The number of aromatic nitrogens is 2. The zero-order chi connectivity index (χ0) is 14.4. The van der Waals surface area contributed by atoms with Crippen LogP contribution in [0.1, 0.15) is 5.56 Å². The van der Waals surface area contributed by atoms with Gasteiger partial charge in [-0.15, -0.1) is 0 Å². The zero-order valence-electron chi connectivity index (χ0n) is 12.0. The standard InChI is InChI=1S/C15H19N3O2/c1-18(15-16-8-4-9-17-15)10-7-12-5-6-13(19-2)14(11-12)20-3/h4-6,8-9,11H,7,10H2,1-3H3. The molecule has 5 heteroatoms. The smallest absolute Gasteiger partial charge is 0.224 e. The van der Waals surface area contributed by atoms with Crippen molar-refractivity contribution < 1.29 is 9.47 Å². The van der Waals surface area contributed by atoms with Gasteiger partial charge >= 0.3 is 0 Å². The third-order valence-corrected chi connectivity index (χ3v) is 3.08. The van der Waals surface area contributed by atoms with E-state index in [4.69, 9.17) is 9.47 Å². The first kappa shape index (κ1) is 14.1. The van der Waals surface area contributed by atoms with Crippen molar-refractivity contribution >= 4 is 5.95 Å². The van der Waals surface area contributed by atoms with E-state index >= 15 is 0 Å². The maximum absolute atomic E-state index is 5.31. The molecule has 2 aromatic rings. The summed E-state index contributed by atoms with van der Waals surface area (Å²) in [6.07, 6.45) is 4.37. The van der Waals surface area contributed by atoms with Crippen molar-refractivity contribution in [2.24, 2.45) is 0 Å². The quantitative estimate of drug-likeness (QED) is 0.807. The Balaban J connectivity index is 2.00. The first-order chi connectivity index (χ1) is 9.74. The van der Waals surface area contributed by atoms with E-state index in [1.54, 1.807) is 26.6 Å². The summed E-state index contributed by atoms with van der Waals surface area (Å²) in [4.78, 5) is 10.5. The number of ether oxygens (including phenoxy) is 2. The molecule has 1 aromatic carbocycles. The molecule has 0 saturated carbocycles. The summed E-state index contributed by atoms with van der Waals surface area (Å²) in [5.41, 5.74) is 1.19. The van der Waals surface area contributed by atoms with Gasteiger partial charge in [0.25, 0.3) is 0 Å². The summed E-state index contributed by atoms with van der Waals surface area (Å²) in [6, 6.07) is 7.78. The normalized spacial score (nSPS) is 10.2. The maximum atomic E-state index is 5.31. The second-order valence-electron chi connectivity index (χ2n) is 4.41. The second kappa shape index (κ2) is 6.75. The van der Waals surface area contributed by atoms with Crippen LogP contribution in [-0.4, -0.2) is 37.8 Å². The van der Waals surface area contributed by atoms with Gasteiger partial charge in [-0.25, -0.2) is 9.97 Å². The highest BCUT2D eigenvalue weighted by Crippen LogP contribution is 2.27. The number of hydrogen-bond acceptors (Lipinski definition) is 5. The number of benzene rings is 1. The molecule has 0 spiro atoms. The minimum Gasteiger partial charge on any atom is -0.493 e. The van der Waals surface area contributed by atoms with E-state index < -0.39 is 0 Å². The zero-order valence-corrected chi connectivity index (χ0v) is 12.0.